The first-order valence-electron chi connectivity index (χ1n) is 7.57. The van der Waals surface area contributed by atoms with E-state index in [1.54, 1.807) is 16.7 Å². The van der Waals surface area contributed by atoms with Crippen LogP contribution < -0.4 is 4.90 Å². The van der Waals surface area contributed by atoms with Gasteiger partial charge in [0.15, 0.2) is 0 Å². The smallest absolute Gasteiger partial charge is 0.237 e. The van der Waals surface area contributed by atoms with Crippen LogP contribution in [-0.4, -0.2) is 18.2 Å². The molecule has 0 radical (unpaired) electrons. The summed E-state index contributed by atoms with van der Waals surface area (Å²) in [6.45, 7) is 2.52. The van der Waals surface area contributed by atoms with E-state index >= 15 is 0 Å². The molecule has 4 heteroatoms. The summed E-state index contributed by atoms with van der Waals surface area (Å²) in [4.78, 5) is 14.2. The molecule has 0 aromatic heterocycles. The second kappa shape index (κ2) is 9.02. The van der Waals surface area contributed by atoms with Gasteiger partial charge in [0.1, 0.15) is 0 Å². The molecule has 0 spiro atoms. The van der Waals surface area contributed by atoms with Crippen LogP contribution >= 0.6 is 11.8 Å². The Morgan fingerprint density at radius 3 is 2.52 bits per heavy atom. The van der Waals surface area contributed by atoms with E-state index in [1.807, 2.05) is 42.5 Å². The third-order valence-electron chi connectivity index (χ3n) is 3.56. The Balaban J connectivity index is 1.95. The minimum absolute atomic E-state index is 0.0463. The first-order valence-corrected chi connectivity index (χ1v) is 8.72. The van der Waals surface area contributed by atoms with Crippen molar-refractivity contribution in [2.45, 2.75) is 19.1 Å². The molecule has 0 saturated heterocycles. The molecule has 2 aromatic carbocycles. The number of hydrogen-bond acceptors (Lipinski definition) is 3. The van der Waals surface area contributed by atoms with Gasteiger partial charge in [0.2, 0.25) is 5.91 Å². The van der Waals surface area contributed by atoms with Gasteiger partial charge >= 0.3 is 0 Å². The molecule has 0 heterocycles. The number of nitriles is 1. The summed E-state index contributed by atoms with van der Waals surface area (Å²) in [7, 11) is 0. The van der Waals surface area contributed by atoms with Crippen molar-refractivity contribution in [2.75, 3.05) is 17.2 Å². The first-order chi connectivity index (χ1) is 11.2. The molecule has 0 saturated carbocycles. The van der Waals surface area contributed by atoms with Crippen LogP contribution in [0, 0.1) is 18.3 Å². The third-order valence-corrected chi connectivity index (χ3v) is 4.53. The van der Waals surface area contributed by atoms with Gasteiger partial charge in [-0.3, -0.25) is 4.79 Å². The Kier molecular flexibility index (Phi) is 6.71. The number of thioether (sulfide) groups is 1. The summed E-state index contributed by atoms with van der Waals surface area (Å²) >= 11 is 1.61. The van der Waals surface area contributed by atoms with Crippen LogP contribution in [-0.2, 0) is 10.5 Å². The molecule has 1 amide bonds. The average molecular weight is 324 g/mol. The first kappa shape index (κ1) is 17.1. The largest absolute Gasteiger partial charge is 0.311 e. The summed E-state index contributed by atoms with van der Waals surface area (Å²) in [5, 5.41) is 8.81. The standard InChI is InChI=1S/C19H20N2OS/c1-16-8-5-6-9-17(16)14-23-15-19(22)21(13-7-12-20)18-10-3-2-4-11-18/h2-6,8-11H,7,13-15H2,1H3. The monoisotopic (exact) mass is 324 g/mol. The van der Waals surface area contributed by atoms with Gasteiger partial charge in [-0.1, -0.05) is 42.5 Å². The molecular formula is C19H20N2OS. The van der Waals surface area contributed by atoms with Crippen LogP contribution in [0.4, 0.5) is 5.69 Å². The van der Waals surface area contributed by atoms with Crippen molar-refractivity contribution < 1.29 is 4.79 Å². The summed E-state index contributed by atoms with van der Waals surface area (Å²) < 4.78 is 0. The molecule has 118 valence electrons. The lowest BCUT2D eigenvalue weighted by molar-refractivity contribution is -0.116. The maximum absolute atomic E-state index is 12.5. The highest BCUT2D eigenvalue weighted by molar-refractivity contribution is 7.99. The Labute approximate surface area is 141 Å². The second-order valence-electron chi connectivity index (χ2n) is 5.21. The lowest BCUT2D eigenvalue weighted by Crippen LogP contribution is -2.33. The molecule has 0 aliphatic rings. The number of amides is 1. The zero-order valence-electron chi connectivity index (χ0n) is 13.2. The van der Waals surface area contributed by atoms with Crippen molar-refractivity contribution in [3.63, 3.8) is 0 Å². The van der Waals surface area contributed by atoms with Crippen molar-refractivity contribution >= 4 is 23.4 Å². The zero-order chi connectivity index (χ0) is 16.5. The van der Waals surface area contributed by atoms with Crippen molar-refractivity contribution in [1.82, 2.24) is 0 Å². The Bertz CT molecular complexity index is 679. The molecular weight excluding hydrogens is 304 g/mol. The number of anilines is 1. The molecule has 0 unspecified atom stereocenters. The van der Waals surface area contributed by atoms with Gasteiger partial charge in [-0.25, -0.2) is 0 Å². The predicted octanol–water partition coefficient (Wildman–Crippen LogP) is 4.18. The zero-order valence-corrected chi connectivity index (χ0v) is 14.1. The molecule has 2 rings (SSSR count). The highest BCUT2D eigenvalue weighted by Gasteiger charge is 2.15. The molecule has 0 aliphatic carbocycles. The fourth-order valence-corrected chi connectivity index (χ4v) is 3.24. The fourth-order valence-electron chi connectivity index (χ4n) is 2.27. The average Bonchev–Trinajstić information content (AvgIpc) is 2.58. The topological polar surface area (TPSA) is 44.1 Å². The summed E-state index contributed by atoms with van der Waals surface area (Å²) in [5.41, 5.74) is 3.36. The van der Waals surface area contributed by atoms with Gasteiger partial charge in [-0.05, 0) is 30.2 Å². The van der Waals surface area contributed by atoms with E-state index < -0.39 is 0 Å². The highest BCUT2D eigenvalue weighted by Crippen LogP contribution is 2.19. The Hall–Kier alpha value is -2.25. The van der Waals surface area contributed by atoms with Crippen molar-refractivity contribution in [2.24, 2.45) is 0 Å². The maximum atomic E-state index is 12.5. The Morgan fingerprint density at radius 2 is 1.83 bits per heavy atom. The SMILES string of the molecule is Cc1ccccc1CSCC(=O)N(CCC#N)c1ccccc1. The normalized spacial score (nSPS) is 10.1. The van der Waals surface area contributed by atoms with E-state index in [2.05, 4.69) is 25.1 Å². The minimum Gasteiger partial charge on any atom is -0.311 e. The molecule has 0 atom stereocenters. The van der Waals surface area contributed by atoms with Gasteiger partial charge in [0.25, 0.3) is 0 Å². The van der Waals surface area contributed by atoms with Crippen molar-refractivity contribution in [3.8, 4) is 6.07 Å². The molecule has 0 fully saturated rings. The molecule has 3 nitrogen and oxygen atoms in total. The van der Waals surface area contributed by atoms with Gasteiger partial charge in [0.05, 0.1) is 18.2 Å². The number of hydrogen-bond donors (Lipinski definition) is 0. The summed E-state index contributed by atoms with van der Waals surface area (Å²) in [5.74, 6) is 1.28. The number of benzene rings is 2. The van der Waals surface area contributed by atoms with Crippen LogP contribution in [0.5, 0.6) is 0 Å². The molecule has 2 aromatic rings. The quantitative estimate of drug-likeness (QED) is 0.767. The van der Waals surface area contributed by atoms with E-state index in [4.69, 9.17) is 5.26 Å². The van der Waals surface area contributed by atoms with E-state index in [1.165, 1.54) is 11.1 Å². The molecule has 23 heavy (non-hydrogen) atoms. The number of para-hydroxylation sites is 1. The number of nitrogens with zero attached hydrogens (tertiary/aromatic N) is 2. The lowest BCUT2D eigenvalue weighted by atomic mass is 10.1. The maximum Gasteiger partial charge on any atom is 0.237 e. The summed E-state index contributed by atoms with van der Waals surface area (Å²) in [6.07, 6.45) is 0.336. The van der Waals surface area contributed by atoms with Crippen LogP contribution in [0.3, 0.4) is 0 Å². The Morgan fingerprint density at radius 1 is 1.13 bits per heavy atom. The van der Waals surface area contributed by atoms with Crippen LogP contribution in [0.15, 0.2) is 54.6 Å². The fraction of sp³-hybridized carbons (Fsp3) is 0.263. The minimum atomic E-state index is 0.0463. The lowest BCUT2D eigenvalue weighted by Gasteiger charge is -2.21. The highest BCUT2D eigenvalue weighted by atomic mass is 32.2. The third kappa shape index (κ3) is 5.15. The van der Waals surface area contributed by atoms with E-state index in [-0.39, 0.29) is 5.91 Å². The van der Waals surface area contributed by atoms with Crippen LogP contribution in [0.1, 0.15) is 17.5 Å². The summed E-state index contributed by atoms with van der Waals surface area (Å²) in [6, 6.07) is 19.9. The molecule has 0 aliphatic heterocycles. The van der Waals surface area contributed by atoms with E-state index in [0.717, 1.165) is 11.4 Å². The van der Waals surface area contributed by atoms with Gasteiger partial charge < -0.3 is 4.90 Å². The molecule has 0 N–H and O–H groups in total. The second-order valence-corrected chi connectivity index (χ2v) is 6.19. The van der Waals surface area contributed by atoms with E-state index in [9.17, 15) is 4.79 Å². The van der Waals surface area contributed by atoms with Gasteiger partial charge in [0, 0.05) is 18.0 Å². The van der Waals surface area contributed by atoms with E-state index in [0.29, 0.717) is 18.7 Å². The number of aryl methyl sites for hydroxylation is 1. The number of rotatable bonds is 7. The van der Waals surface area contributed by atoms with Crippen molar-refractivity contribution in [1.29, 1.82) is 5.26 Å². The van der Waals surface area contributed by atoms with Gasteiger partial charge in [-0.2, -0.15) is 5.26 Å². The van der Waals surface area contributed by atoms with Gasteiger partial charge in [-0.15, -0.1) is 11.8 Å². The van der Waals surface area contributed by atoms with Crippen LogP contribution in [0.25, 0.3) is 0 Å². The molecule has 0 bridgehead atoms. The predicted molar refractivity (Wildman–Crippen MR) is 96.4 cm³/mol. The van der Waals surface area contributed by atoms with Crippen LogP contribution in [0.2, 0.25) is 0 Å². The number of carbonyl (C=O) groups is 1. The number of carbonyl (C=O) groups excluding carboxylic acids is 1. The van der Waals surface area contributed by atoms with Crippen molar-refractivity contribution in [3.05, 3.63) is 65.7 Å².